The van der Waals surface area contributed by atoms with Crippen molar-refractivity contribution in [3.63, 3.8) is 0 Å². The van der Waals surface area contributed by atoms with Gasteiger partial charge in [-0.15, -0.1) is 0 Å². The summed E-state index contributed by atoms with van der Waals surface area (Å²) in [6.45, 7) is 2.01. The van der Waals surface area contributed by atoms with Crippen molar-refractivity contribution in [2.45, 2.75) is 38.6 Å². The summed E-state index contributed by atoms with van der Waals surface area (Å²) in [5, 5.41) is 9.01. The average Bonchev–Trinajstić information content (AvgIpc) is 3.05. The number of amides is 1. The van der Waals surface area contributed by atoms with Crippen LogP contribution in [0.15, 0.2) is 0 Å². The topological polar surface area (TPSA) is 57.6 Å². The first-order valence-electron chi connectivity index (χ1n) is 5.50. The summed E-state index contributed by atoms with van der Waals surface area (Å²) in [6, 6.07) is 0.189. The summed E-state index contributed by atoms with van der Waals surface area (Å²) in [6.07, 6.45) is 3.34. The van der Waals surface area contributed by atoms with Crippen LogP contribution in [0.1, 0.15) is 32.6 Å². The second-order valence-electron chi connectivity index (χ2n) is 4.88. The van der Waals surface area contributed by atoms with Crippen molar-refractivity contribution in [3.8, 4) is 0 Å². The first kappa shape index (κ1) is 10.5. The molecule has 1 N–H and O–H groups in total. The molecule has 4 heteroatoms. The van der Waals surface area contributed by atoms with E-state index in [9.17, 15) is 9.59 Å². The zero-order valence-electron chi connectivity index (χ0n) is 9.19. The highest BCUT2D eigenvalue weighted by molar-refractivity contribution is 6.04. The number of aliphatic carboxylic acids is 1. The van der Waals surface area contributed by atoms with Crippen LogP contribution < -0.4 is 0 Å². The predicted molar refractivity (Wildman–Crippen MR) is 54.3 cm³/mol. The van der Waals surface area contributed by atoms with E-state index < -0.39 is 11.4 Å². The van der Waals surface area contributed by atoms with Crippen LogP contribution in [0.25, 0.3) is 0 Å². The van der Waals surface area contributed by atoms with E-state index in [0.29, 0.717) is 18.8 Å². The minimum Gasteiger partial charge on any atom is -0.480 e. The molecule has 0 aromatic rings. The van der Waals surface area contributed by atoms with Gasteiger partial charge < -0.3 is 10.0 Å². The quantitative estimate of drug-likeness (QED) is 0.709. The molecule has 0 saturated heterocycles. The molecule has 2 fully saturated rings. The number of carbonyl (C=O) groups is 2. The van der Waals surface area contributed by atoms with E-state index in [1.165, 1.54) is 12.8 Å². The Labute approximate surface area is 89.3 Å². The summed E-state index contributed by atoms with van der Waals surface area (Å²) in [4.78, 5) is 24.6. The Morgan fingerprint density at radius 3 is 2.27 bits per heavy atom. The van der Waals surface area contributed by atoms with Gasteiger partial charge in [0.15, 0.2) is 0 Å². The number of carboxylic acids is 1. The van der Waals surface area contributed by atoms with E-state index in [2.05, 4.69) is 0 Å². The summed E-state index contributed by atoms with van der Waals surface area (Å²) in [7, 11) is 1.73. The molecule has 1 amide bonds. The highest BCUT2D eigenvalue weighted by atomic mass is 16.4. The lowest BCUT2D eigenvalue weighted by Gasteiger charge is -2.27. The molecule has 84 valence electrons. The van der Waals surface area contributed by atoms with Crippen molar-refractivity contribution < 1.29 is 14.7 Å². The van der Waals surface area contributed by atoms with Crippen LogP contribution in [0.5, 0.6) is 0 Å². The van der Waals surface area contributed by atoms with Gasteiger partial charge in [0.2, 0.25) is 5.91 Å². The van der Waals surface area contributed by atoms with E-state index in [1.807, 2.05) is 6.92 Å². The van der Waals surface area contributed by atoms with Crippen LogP contribution in [0.3, 0.4) is 0 Å². The van der Waals surface area contributed by atoms with Crippen LogP contribution in [-0.2, 0) is 9.59 Å². The highest BCUT2D eigenvalue weighted by Gasteiger charge is 2.58. The van der Waals surface area contributed by atoms with Crippen molar-refractivity contribution in [1.29, 1.82) is 0 Å². The van der Waals surface area contributed by atoms with Gasteiger partial charge >= 0.3 is 5.97 Å². The van der Waals surface area contributed by atoms with Crippen LogP contribution in [0, 0.1) is 11.3 Å². The van der Waals surface area contributed by atoms with E-state index in [4.69, 9.17) is 5.11 Å². The summed E-state index contributed by atoms with van der Waals surface area (Å²) < 4.78 is 0. The van der Waals surface area contributed by atoms with E-state index >= 15 is 0 Å². The fraction of sp³-hybridized carbons (Fsp3) is 0.818. The third-order valence-electron chi connectivity index (χ3n) is 3.80. The molecule has 0 spiro atoms. The fourth-order valence-electron chi connectivity index (χ4n) is 2.06. The maximum absolute atomic E-state index is 12.0. The largest absolute Gasteiger partial charge is 0.480 e. The number of nitrogens with zero attached hydrogens (tertiary/aromatic N) is 1. The standard InChI is InChI=1S/C11H17NO3/c1-7(8-3-4-8)12(2)9(13)11(5-6-11)10(14)15/h7-8H,3-6H2,1-2H3,(H,14,15). The minimum atomic E-state index is -1.07. The second-order valence-corrected chi connectivity index (χ2v) is 4.88. The molecule has 0 aliphatic heterocycles. The Morgan fingerprint density at radius 1 is 1.40 bits per heavy atom. The molecular formula is C11H17NO3. The van der Waals surface area contributed by atoms with Crippen molar-refractivity contribution in [1.82, 2.24) is 4.90 Å². The van der Waals surface area contributed by atoms with Crippen molar-refractivity contribution in [3.05, 3.63) is 0 Å². The van der Waals surface area contributed by atoms with Gasteiger partial charge in [-0.2, -0.15) is 0 Å². The van der Waals surface area contributed by atoms with Crippen molar-refractivity contribution >= 4 is 11.9 Å². The third kappa shape index (κ3) is 1.62. The normalized spacial score (nSPS) is 24.4. The molecular weight excluding hydrogens is 194 g/mol. The van der Waals surface area contributed by atoms with Crippen LogP contribution in [0.4, 0.5) is 0 Å². The molecule has 0 radical (unpaired) electrons. The smallest absolute Gasteiger partial charge is 0.319 e. The van der Waals surface area contributed by atoms with E-state index in [1.54, 1.807) is 11.9 Å². The minimum absolute atomic E-state index is 0.189. The number of hydrogen-bond acceptors (Lipinski definition) is 2. The molecule has 0 aromatic carbocycles. The lowest BCUT2D eigenvalue weighted by Crippen LogP contribution is -2.43. The molecule has 2 aliphatic rings. The van der Waals surface area contributed by atoms with E-state index in [-0.39, 0.29) is 11.9 Å². The zero-order valence-corrected chi connectivity index (χ0v) is 9.19. The summed E-state index contributed by atoms with van der Waals surface area (Å²) in [5.41, 5.74) is -1.07. The molecule has 1 atom stereocenters. The third-order valence-corrected chi connectivity index (χ3v) is 3.80. The SMILES string of the molecule is CC(C1CC1)N(C)C(=O)C1(C(=O)O)CC1. The highest BCUT2D eigenvalue weighted by Crippen LogP contribution is 2.48. The maximum atomic E-state index is 12.0. The van der Waals surface area contributed by atoms with Crippen LogP contribution >= 0.6 is 0 Å². The number of rotatable bonds is 4. The molecule has 2 saturated carbocycles. The Bertz CT molecular complexity index is 305. The molecule has 1 unspecified atom stereocenters. The first-order valence-corrected chi connectivity index (χ1v) is 5.50. The average molecular weight is 211 g/mol. The molecule has 2 aliphatic carbocycles. The summed E-state index contributed by atoms with van der Waals surface area (Å²) >= 11 is 0. The van der Waals surface area contributed by atoms with Crippen LogP contribution in [-0.4, -0.2) is 35.0 Å². The predicted octanol–water partition coefficient (Wildman–Crippen LogP) is 1.11. The summed E-state index contributed by atoms with van der Waals surface area (Å²) in [5.74, 6) is -0.569. The molecule has 15 heavy (non-hydrogen) atoms. The number of hydrogen-bond donors (Lipinski definition) is 1. The molecule has 4 nitrogen and oxygen atoms in total. The van der Waals surface area contributed by atoms with Gasteiger partial charge in [0, 0.05) is 13.1 Å². The van der Waals surface area contributed by atoms with Crippen molar-refractivity contribution in [2.24, 2.45) is 11.3 Å². The molecule has 0 aromatic heterocycles. The van der Waals surface area contributed by atoms with Crippen molar-refractivity contribution in [2.75, 3.05) is 7.05 Å². The molecule has 0 bridgehead atoms. The van der Waals surface area contributed by atoms with Gasteiger partial charge in [0.25, 0.3) is 0 Å². The lowest BCUT2D eigenvalue weighted by atomic mass is 10.0. The molecule has 0 heterocycles. The first-order chi connectivity index (χ1) is 6.99. The van der Waals surface area contributed by atoms with Crippen LogP contribution in [0.2, 0.25) is 0 Å². The molecule has 2 rings (SSSR count). The van der Waals surface area contributed by atoms with Gasteiger partial charge in [-0.05, 0) is 38.5 Å². The van der Waals surface area contributed by atoms with E-state index in [0.717, 1.165) is 0 Å². The monoisotopic (exact) mass is 211 g/mol. The van der Waals surface area contributed by atoms with Gasteiger partial charge in [-0.25, -0.2) is 0 Å². The van der Waals surface area contributed by atoms with Gasteiger partial charge in [0.05, 0.1) is 0 Å². The fourth-order valence-corrected chi connectivity index (χ4v) is 2.06. The van der Waals surface area contributed by atoms with Gasteiger partial charge in [0.1, 0.15) is 5.41 Å². The maximum Gasteiger partial charge on any atom is 0.319 e. The zero-order chi connectivity index (χ0) is 11.2. The second kappa shape index (κ2) is 3.22. The lowest BCUT2D eigenvalue weighted by molar-refractivity contribution is -0.153. The Balaban J connectivity index is 2.04. The number of carbonyl (C=O) groups excluding carboxylic acids is 1. The van der Waals surface area contributed by atoms with Gasteiger partial charge in [-0.1, -0.05) is 0 Å². The Hall–Kier alpha value is -1.06. The Morgan fingerprint density at radius 2 is 1.93 bits per heavy atom. The Kier molecular flexibility index (Phi) is 2.24. The van der Waals surface area contributed by atoms with Gasteiger partial charge in [-0.3, -0.25) is 9.59 Å². The number of carboxylic acid groups (broad SMARTS) is 1.